The van der Waals surface area contributed by atoms with Gasteiger partial charge in [0.2, 0.25) is 0 Å². The van der Waals surface area contributed by atoms with Crippen LogP contribution in [0.15, 0.2) is 59.8 Å². The van der Waals surface area contributed by atoms with Crippen LogP contribution < -0.4 is 0 Å². The summed E-state index contributed by atoms with van der Waals surface area (Å²) in [5, 5.41) is 5.06. The number of fused-ring (bicyclic) bond motifs is 1. The van der Waals surface area contributed by atoms with E-state index in [9.17, 15) is 0 Å². The highest BCUT2D eigenvalue weighted by Crippen LogP contribution is 2.40. The average molecular weight is 327 g/mol. The molecule has 2 atom stereocenters. The fourth-order valence-electron chi connectivity index (χ4n) is 3.17. The lowest BCUT2D eigenvalue weighted by Crippen LogP contribution is -2.48. The van der Waals surface area contributed by atoms with Gasteiger partial charge in [0.05, 0.1) is 13.2 Å². The smallest absolute Gasteiger partial charge is 0.412 e. The zero-order valence-electron chi connectivity index (χ0n) is 12.3. The molecular formula is C17H14BClNO3. The van der Waals surface area contributed by atoms with Crippen molar-refractivity contribution in [1.29, 1.82) is 0 Å². The van der Waals surface area contributed by atoms with E-state index in [1.165, 1.54) is 7.69 Å². The van der Waals surface area contributed by atoms with E-state index < -0.39 is 5.41 Å². The molecule has 1 fully saturated rings. The molecule has 1 saturated heterocycles. The molecule has 4 nitrogen and oxygen atoms in total. The van der Waals surface area contributed by atoms with Gasteiger partial charge in [-0.05, 0) is 17.7 Å². The molecule has 23 heavy (non-hydrogen) atoms. The zero-order valence-corrected chi connectivity index (χ0v) is 13.1. The molecule has 2 aliphatic heterocycles. The highest BCUT2D eigenvalue weighted by Gasteiger charge is 2.53. The first-order valence-corrected chi connectivity index (χ1v) is 7.79. The number of oxime groups is 1. The molecular weight excluding hydrogens is 312 g/mol. The fourth-order valence-corrected chi connectivity index (χ4v) is 3.30. The number of halogens is 1. The second-order valence-corrected chi connectivity index (χ2v) is 6.06. The predicted molar refractivity (Wildman–Crippen MR) is 88.6 cm³/mol. The molecule has 0 spiro atoms. The fraction of sp³-hybridized carbons (Fsp3) is 0.235. The molecule has 2 unspecified atom stereocenters. The first-order valence-electron chi connectivity index (χ1n) is 7.41. The third-order valence-corrected chi connectivity index (χ3v) is 4.60. The number of hydrogen-bond donors (Lipinski definition) is 0. The lowest BCUT2D eigenvalue weighted by Gasteiger charge is -2.32. The predicted octanol–water partition coefficient (Wildman–Crippen LogP) is 2.96. The van der Waals surface area contributed by atoms with Crippen molar-refractivity contribution in [3.8, 4) is 0 Å². The van der Waals surface area contributed by atoms with Gasteiger partial charge >= 0.3 is 7.69 Å². The molecule has 0 saturated carbocycles. The lowest BCUT2D eigenvalue weighted by atomic mass is 9.71. The molecule has 6 heteroatoms. The first-order chi connectivity index (χ1) is 11.3. The van der Waals surface area contributed by atoms with Gasteiger partial charge in [-0.3, -0.25) is 0 Å². The topological polar surface area (TPSA) is 40.0 Å². The number of nitrogens with zero attached hydrogens (tertiary/aromatic N) is 1. The third-order valence-electron chi connectivity index (χ3n) is 4.34. The molecule has 1 radical (unpaired) electrons. The highest BCUT2D eigenvalue weighted by molar-refractivity contribution is 6.30. The van der Waals surface area contributed by atoms with Gasteiger partial charge in [-0.25, -0.2) is 0 Å². The van der Waals surface area contributed by atoms with E-state index in [-0.39, 0.29) is 6.10 Å². The zero-order chi connectivity index (χ0) is 15.7. The summed E-state index contributed by atoms with van der Waals surface area (Å²) < 4.78 is 11.0. The van der Waals surface area contributed by atoms with Crippen LogP contribution in [-0.2, 0) is 19.6 Å². The van der Waals surface area contributed by atoms with Gasteiger partial charge in [0, 0.05) is 10.6 Å². The quantitative estimate of drug-likeness (QED) is 0.797. The SMILES string of the molecule is Clc1ccc(C2=NOC3CO[B]OCC23c2ccccc2)cc1. The van der Waals surface area contributed by atoms with Crippen LogP contribution >= 0.6 is 11.6 Å². The van der Waals surface area contributed by atoms with Gasteiger partial charge in [0.15, 0.2) is 6.10 Å². The van der Waals surface area contributed by atoms with Crippen molar-refractivity contribution in [3.05, 3.63) is 70.7 Å². The Morgan fingerprint density at radius 2 is 1.83 bits per heavy atom. The summed E-state index contributed by atoms with van der Waals surface area (Å²) in [7, 11) is 1.38. The Bertz CT molecular complexity index is 722. The minimum absolute atomic E-state index is 0.241. The molecule has 2 aromatic carbocycles. The maximum atomic E-state index is 6.01. The molecule has 0 bridgehead atoms. The maximum absolute atomic E-state index is 6.01. The van der Waals surface area contributed by atoms with E-state index in [0.29, 0.717) is 18.2 Å². The van der Waals surface area contributed by atoms with Crippen LogP contribution in [-0.4, -0.2) is 32.7 Å². The summed E-state index contributed by atoms with van der Waals surface area (Å²) in [6.07, 6.45) is -0.241. The summed E-state index contributed by atoms with van der Waals surface area (Å²) in [5.41, 5.74) is 2.38. The van der Waals surface area contributed by atoms with Crippen LogP contribution in [0.2, 0.25) is 5.02 Å². The minimum atomic E-state index is -0.512. The lowest BCUT2D eigenvalue weighted by molar-refractivity contribution is 0.0200. The van der Waals surface area contributed by atoms with Gasteiger partial charge in [0.25, 0.3) is 0 Å². The second-order valence-electron chi connectivity index (χ2n) is 5.62. The molecule has 115 valence electrons. The summed E-state index contributed by atoms with van der Waals surface area (Å²) >= 11 is 6.01. The number of hydrogen-bond acceptors (Lipinski definition) is 4. The van der Waals surface area contributed by atoms with Crippen LogP contribution in [0.3, 0.4) is 0 Å². The van der Waals surface area contributed by atoms with E-state index in [0.717, 1.165) is 16.8 Å². The summed E-state index contributed by atoms with van der Waals surface area (Å²) in [4.78, 5) is 5.72. The Hall–Kier alpha value is -1.82. The Labute approximate surface area is 140 Å². The van der Waals surface area contributed by atoms with E-state index >= 15 is 0 Å². The maximum Gasteiger partial charge on any atom is 0.488 e. The first kappa shape index (κ1) is 14.8. The van der Waals surface area contributed by atoms with Gasteiger partial charge in [-0.15, -0.1) is 0 Å². The monoisotopic (exact) mass is 326 g/mol. The minimum Gasteiger partial charge on any atom is -0.412 e. The normalized spacial score (nSPS) is 26.5. The van der Waals surface area contributed by atoms with E-state index in [1.807, 2.05) is 42.5 Å². The van der Waals surface area contributed by atoms with Crippen molar-refractivity contribution in [1.82, 2.24) is 0 Å². The van der Waals surface area contributed by atoms with E-state index in [4.69, 9.17) is 25.7 Å². The molecule has 0 N–H and O–H groups in total. The Kier molecular flexibility index (Phi) is 3.85. The summed E-state index contributed by atoms with van der Waals surface area (Å²) in [6.45, 7) is 0.790. The van der Waals surface area contributed by atoms with Crippen molar-refractivity contribution in [2.75, 3.05) is 13.2 Å². The molecule has 0 aromatic heterocycles. The Morgan fingerprint density at radius 1 is 1.04 bits per heavy atom. The van der Waals surface area contributed by atoms with E-state index in [2.05, 4.69) is 17.3 Å². The molecule has 2 aromatic rings. The number of rotatable bonds is 2. The van der Waals surface area contributed by atoms with Crippen molar-refractivity contribution >= 4 is 25.0 Å². The van der Waals surface area contributed by atoms with Gasteiger partial charge in [-0.1, -0.05) is 59.2 Å². The third kappa shape index (κ3) is 2.45. The molecule has 0 amide bonds. The van der Waals surface area contributed by atoms with Crippen molar-refractivity contribution in [2.24, 2.45) is 5.16 Å². The van der Waals surface area contributed by atoms with Crippen LogP contribution in [0.5, 0.6) is 0 Å². The van der Waals surface area contributed by atoms with E-state index in [1.54, 1.807) is 0 Å². The van der Waals surface area contributed by atoms with Crippen molar-refractivity contribution < 1.29 is 14.1 Å². The molecule has 2 heterocycles. The van der Waals surface area contributed by atoms with Crippen LogP contribution in [0.4, 0.5) is 0 Å². The van der Waals surface area contributed by atoms with Gasteiger partial charge in [0.1, 0.15) is 11.1 Å². The molecule has 4 rings (SSSR count). The Balaban J connectivity index is 1.86. The van der Waals surface area contributed by atoms with Crippen molar-refractivity contribution in [2.45, 2.75) is 11.5 Å². The van der Waals surface area contributed by atoms with Crippen LogP contribution in [0.25, 0.3) is 0 Å². The highest BCUT2D eigenvalue weighted by atomic mass is 35.5. The molecule has 0 aliphatic carbocycles. The second kappa shape index (κ2) is 6.00. The van der Waals surface area contributed by atoms with Crippen LogP contribution in [0.1, 0.15) is 11.1 Å². The Morgan fingerprint density at radius 3 is 2.61 bits per heavy atom. The summed E-state index contributed by atoms with van der Waals surface area (Å²) in [5.74, 6) is 0. The largest absolute Gasteiger partial charge is 0.488 e. The van der Waals surface area contributed by atoms with Crippen LogP contribution in [0, 0.1) is 0 Å². The summed E-state index contributed by atoms with van der Waals surface area (Å²) in [6, 6.07) is 17.8. The van der Waals surface area contributed by atoms with Crippen molar-refractivity contribution in [3.63, 3.8) is 0 Å². The average Bonchev–Trinajstić information content (AvgIpc) is 2.82. The standard InChI is InChI=1S/C17H14BClNO3/c19-14-8-6-12(7-9-14)16-17(13-4-2-1-3-5-13)11-22-18-21-10-15(17)23-20-16/h1-9,15H,10-11H2. The van der Waals surface area contributed by atoms with Gasteiger partial charge in [-0.2, -0.15) is 0 Å². The number of benzene rings is 2. The van der Waals surface area contributed by atoms with Gasteiger partial charge < -0.3 is 14.1 Å². The molecule has 2 aliphatic rings.